The lowest BCUT2D eigenvalue weighted by Gasteiger charge is -2.17. The van der Waals surface area contributed by atoms with E-state index >= 15 is 0 Å². The first-order chi connectivity index (χ1) is 13.9. The van der Waals surface area contributed by atoms with Crippen molar-refractivity contribution in [3.63, 3.8) is 0 Å². The molecule has 7 heteroatoms. The fraction of sp³-hybridized carbons (Fsp3) is 0.273. The van der Waals surface area contributed by atoms with E-state index in [9.17, 15) is 9.90 Å². The predicted molar refractivity (Wildman–Crippen MR) is 117 cm³/mol. The first-order valence-electron chi connectivity index (χ1n) is 9.22. The van der Waals surface area contributed by atoms with E-state index in [-0.39, 0.29) is 11.7 Å². The number of rotatable bonds is 6. The topological polar surface area (TPSA) is 71.4 Å². The molecule has 0 bridgehead atoms. The molecule has 1 N–H and O–H groups in total. The first-order valence-corrected chi connectivity index (χ1v) is 10.0. The number of nitrogens with zero attached hydrogens (tertiary/aromatic N) is 2. The molecule has 0 unspecified atom stereocenters. The van der Waals surface area contributed by atoms with Gasteiger partial charge in [-0.3, -0.25) is 9.69 Å². The van der Waals surface area contributed by atoms with Crippen LogP contribution < -0.4 is 9.47 Å². The first kappa shape index (κ1) is 20.8. The van der Waals surface area contributed by atoms with E-state index in [1.807, 2.05) is 24.3 Å². The lowest BCUT2D eigenvalue weighted by atomic mass is 10.1. The number of amides is 1. The van der Waals surface area contributed by atoms with Crippen molar-refractivity contribution in [3.8, 4) is 17.2 Å². The van der Waals surface area contributed by atoms with Crippen LogP contribution in [0.5, 0.6) is 17.2 Å². The van der Waals surface area contributed by atoms with Gasteiger partial charge in [-0.1, -0.05) is 19.9 Å². The van der Waals surface area contributed by atoms with Gasteiger partial charge in [-0.25, -0.2) is 4.99 Å². The van der Waals surface area contributed by atoms with Gasteiger partial charge in [0.1, 0.15) is 5.75 Å². The summed E-state index contributed by atoms with van der Waals surface area (Å²) in [5.74, 6) is 1.39. The molecule has 3 rings (SSSR count). The SMILES string of the molecule is COc1ccc(N=C2S/C(=C\c3ccc(O)c(OC)c3)C(=O)N2CC(C)C)cc1. The lowest BCUT2D eigenvalue weighted by molar-refractivity contribution is -0.122. The minimum Gasteiger partial charge on any atom is -0.504 e. The van der Waals surface area contributed by atoms with Gasteiger partial charge in [-0.15, -0.1) is 0 Å². The van der Waals surface area contributed by atoms with Crippen LogP contribution in [0.2, 0.25) is 0 Å². The number of carbonyl (C=O) groups excluding carboxylic acids is 1. The van der Waals surface area contributed by atoms with E-state index in [2.05, 4.69) is 18.8 Å². The van der Waals surface area contributed by atoms with Crippen LogP contribution in [-0.4, -0.2) is 41.8 Å². The van der Waals surface area contributed by atoms with Crippen molar-refractivity contribution in [1.29, 1.82) is 0 Å². The van der Waals surface area contributed by atoms with Crippen LogP contribution in [-0.2, 0) is 4.79 Å². The number of hydrogen-bond acceptors (Lipinski definition) is 6. The second kappa shape index (κ2) is 9.05. The molecule has 2 aromatic carbocycles. The quantitative estimate of drug-likeness (QED) is 0.698. The monoisotopic (exact) mass is 412 g/mol. The number of methoxy groups -OCH3 is 2. The molecule has 0 aromatic heterocycles. The lowest BCUT2D eigenvalue weighted by Crippen LogP contribution is -2.32. The highest BCUT2D eigenvalue weighted by Gasteiger charge is 2.33. The summed E-state index contributed by atoms with van der Waals surface area (Å²) in [5, 5.41) is 10.4. The molecule has 1 aliphatic rings. The maximum Gasteiger partial charge on any atom is 0.266 e. The Hall–Kier alpha value is -2.93. The van der Waals surface area contributed by atoms with Crippen LogP contribution in [0.15, 0.2) is 52.4 Å². The fourth-order valence-corrected chi connectivity index (χ4v) is 3.83. The smallest absolute Gasteiger partial charge is 0.266 e. The van der Waals surface area contributed by atoms with Crippen molar-refractivity contribution in [2.45, 2.75) is 13.8 Å². The maximum absolute atomic E-state index is 13.0. The van der Waals surface area contributed by atoms with Gasteiger partial charge in [0.25, 0.3) is 5.91 Å². The zero-order valence-electron chi connectivity index (χ0n) is 16.9. The molecule has 0 radical (unpaired) electrons. The summed E-state index contributed by atoms with van der Waals surface area (Å²) >= 11 is 1.34. The number of amidine groups is 1. The molecule has 1 aliphatic heterocycles. The van der Waals surface area contributed by atoms with E-state index in [1.165, 1.54) is 18.9 Å². The number of benzene rings is 2. The summed E-state index contributed by atoms with van der Waals surface area (Å²) in [6.07, 6.45) is 1.79. The van der Waals surface area contributed by atoms with E-state index in [1.54, 1.807) is 36.3 Å². The van der Waals surface area contributed by atoms with Crippen molar-refractivity contribution in [2.75, 3.05) is 20.8 Å². The average molecular weight is 413 g/mol. The highest BCUT2D eigenvalue weighted by molar-refractivity contribution is 8.18. The van der Waals surface area contributed by atoms with E-state index < -0.39 is 0 Å². The Labute approximate surface area is 174 Å². The Morgan fingerprint density at radius 2 is 1.86 bits per heavy atom. The zero-order valence-corrected chi connectivity index (χ0v) is 17.7. The van der Waals surface area contributed by atoms with Gasteiger partial charge in [-0.2, -0.15) is 0 Å². The number of thioether (sulfide) groups is 1. The van der Waals surface area contributed by atoms with E-state index in [4.69, 9.17) is 9.47 Å². The molecule has 1 heterocycles. The van der Waals surface area contributed by atoms with E-state index in [0.717, 1.165) is 17.0 Å². The highest BCUT2D eigenvalue weighted by Crippen LogP contribution is 2.36. The number of phenolic OH excluding ortho intramolecular Hbond substituents is 1. The second-order valence-corrected chi connectivity index (χ2v) is 7.95. The number of ether oxygens (including phenoxy) is 2. The standard InChI is InChI=1S/C22H24N2O4S/c1-14(2)13-24-21(26)20(12-15-5-10-18(25)19(11-15)28-4)29-22(24)23-16-6-8-17(27-3)9-7-16/h5-12,14,25H,13H2,1-4H3/b20-12-,23-22?. The number of phenols is 1. The van der Waals surface area contributed by atoms with E-state index in [0.29, 0.717) is 28.3 Å². The van der Waals surface area contributed by atoms with Crippen LogP contribution in [0.1, 0.15) is 19.4 Å². The third kappa shape index (κ3) is 4.92. The Morgan fingerprint density at radius 3 is 2.48 bits per heavy atom. The molecule has 6 nitrogen and oxygen atoms in total. The number of aromatic hydroxyl groups is 1. The van der Waals surface area contributed by atoms with Gasteiger partial charge in [0.2, 0.25) is 0 Å². The molecule has 0 atom stereocenters. The van der Waals surface area contributed by atoms with Crippen molar-refractivity contribution in [1.82, 2.24) is 4.90 Å². The zero-order chi connectivity index (χ0) is 21.0. The van der Waals surface area contributed by atoms with Gasteiger partial charge in [0, 0.05) is 6.54 Å². The van der Waals surface area contributed by atoms with Crippen molar-refractivity contribution < 1.29 is 19.4 Å². The molecule has 2 aromatic rings. The van der Waals surface area contributed by atoms with Gasteiger partial charge in [-0.05, 0) is 65.7 Å². The van der Waals surface area contributed by atoms with Gasteiger partial charge >= 0.3 is 0 Å². The summed E-state index contributed by atoms with van der Waals surface area (Å²) in [6, 6.07) is 12.4. The molecule has 1 saturated heterocycles. The largest absolute Gasteiger partial charge is 0.504 e. The second-order valence-electron chi connectivity index (χ2n) is 6.94. The molecule has 1 fully saturated rings. The Morgan fingerprint density at radius 1 is 1.14 bits per heavy atom. The Kier molecular flexibility index (Phi) is 6.49. The van der Waals surface area contributed by atoms with Crippen LogP contribution in [0.4, 0.5) is 5.69 Å². The third-order valence-electron chi connectivity index (χ3n) is 4.23. The molecule has 1 amide bonds. The summed E-state index contributed by atoms with van der Waals surface area (Å²) < 4.78 is 10.3. The maximum atomic E-state index is 13.0. The van der Waals surface area contributed by atoms with Gasteiger partial charge < -0.3 is 14.6 Å². The fourth-order valence-electron chi connectivity index (χ4n) is 2.82. The summed E-state index contributed by atoms with van der Waals surface area (Å²) in [6.45, 7) is 4.71. The molecular formula is C22H24N2O4S. The number of carbonyl (C=O) groups is 1. The summed E-state index contributed by atoms with van der Waals surface area (Å²) in [4.78, 5) is 20.0. The number of aliphatic imine (C=N–C) groups is 1. The molecule has 0 saturated carbocycles. The normalized spacial score (nSPS) is 16.9. The minimum atomic E-state index is -0.0806. The molecule has 0 spiro atoms. The minimum absolute atomic E-state index is 0.0586. The third-order valence-corrected chi connectivity index (χ3v) is 5.24. The molecular weight excluding hydrogens is 388 g/mol. The van der Waals surface area contributed by atoms with Crippen molar-refractivity contribution in [3.05, 3.63) is 52.9 Å². The van der Waals surface area contributed by atoms with Gasteiger partial charge in [0.05, 0.1) is 24.8 Å². The van der Waals surface area contributed by atoms with Crippen LogP contribution >= 0.6 is 11.8 Å². The van der Waals surface area contributed by atoms with Crippen LogP contribution in [0, 0.1) is 5.92 Å². The predicted octanol–water partition coefficient (Wildman–Crippen LogP) is 4.67. The number of hydrogen-bond donors (Lipinski definition) is 1. The Bertz CT molecular complexity index is 952. The van der Waals surface area contributed by atoms with Crippen LogP contribution in [0.3, 0.4) is 0 Å². The van der Waals surface area contributed by atoms with Crippen molar-refractivity contribution >= 4 is 34.6 Å². The summed E-state index contributed by atoms with van der Waals surface area (Å²) in [5.41, 5.74) is 1.52. The Balaban J connectivity index is 1.94. The molecule has 152 valence electrons. The molecule has 0 aliphatic carbocycles. The van der Waals surface area contributed by atoms with Gasteiger partial charge in [0.15, 0.2) is 16.7 Å². The average Bonchev–Trinajstić information content (AvgIpc) is 2.98. The van der Waals surface area contributed by atoms with Crippen LogP contribution in [0.25, 0.3) is 6.08 Å². The van der Waals surface area contributed by atoms with Crippen molar-refractivity contribution in [2.24, 2.45) is 10.9 Å². The molecule has 29 heavy (non-hydrogen) atoms. The summed E-state index contributed by atoms with van der Waals surface area (Å²) in [7, 11) is 3.11. The highest BCUT2D eigenvalue weighted by atomic mass is 32.2.